The average molecular weight is 458 g/mol. The van der Waals surface area contributed by atoms with E-state index in [0.717, 1.165) is 55.5 Å². The van der Waals surface area contributed by atoms with Gasteiger partial charge in [-0.1, -0.05) is 49.1 Å². The predicted molar refractivity (Wildman–Crippen MR) is 123 cm³/mol. The van der Waals surface area contributed by atoms with Gasteiger partial charge in [0.05, 0.1) is 6.54 Å². The molecule has 7 heteroatoms. The van der Waals surface area contributed by atoms with Gasteiger partial charge < -0.3 is 14.8 Å². The number of amides is 2. The normalized spacial score (nSPS) is 14.3. The van der Waals surface area contributed by atoms with Crippen molar-refractivity contribution in [1.29, 1.82) is 0 Å². The highest BCUT2D eigenvalue weighted by atomic mass is 35.5. The van der Waals surface area contributed by atoms with Gasteiger partial charge in [0.15, 0.2) is 11.6 Å². The summed E-state index contributed by atoms with van der Waals surface area (Å²) >= 11 is 6.34. The molecular formula is C25H26ClF2N3O. The third kappa shape index (κ3) is 5.30. The van der Waals surface area contributed by atoms with Gasteiger partial charge in [-0.3, -0.25) is 0 Å². The number of hydrogen-bond donors (Lipinski definition) is 1. The van der Waals surface area contributed by atoms with Crippen molar-refractivity contribution < 1.29 is 13.6 Å². The lowest BCUT2D eigenvalue weighted by Gasteiger charge is -2.34. The Morgan fingerprint density at radius 1 is 1.03 bits per heavy atom. The van der Waals surface area contributed by atoms with Gasteiger partial charge in [-0.2, -0.15) is 0 Å². The minimum Gasteiger partial charge on any atom is -0.345 e. The number of urea groups is 1. The molecular weight excluding hydrogens is 432 g/mol. The van der Waals surface area contributed by atoms with Gasteiger partial charge in [0.2, 0.25) is 0 Å². The second-order valence-corrected chi connectivity index (χ2v) is 8.60. The topological polar surface area (TPSA) is 37.3 Å². The molecule has 1 aliphatic carbocycles. The van der Waals surface area contributed by atoms with E-state index in [0.29, 0.717) is 18.1 Å². The summed E-state index contributed by atoms with van der Waals surface area (Å²) in [6.45, 7) is 1.02. The van der Waals surface area contributed by atoms with Crippen molar-refractivity contribution in [1.82, 2.24) is 9.47 Å². The van der Waals surface area contributed by atoms with Crippen molar-refractivity contribution in [3.8, 4) is 0 Å². The summed E-state index contributed by atoms with van der Waals surface area (Å²) in [5.41, 5.74) is 2.22. The lowest BCUT2D eigenvalue weighted by atomic mass is 9.94. The molecule has 4 nitrogen and oxygen atoms in total. The number of nitrogens with zero attached hydrogens (tertiary/aromatic N) is 2. The van der Waals surface area contributed by atoms with Crippen LogP contribution in [-0.2, 0) is 13.1 Å². The third-order valence-corrected chi connectivity index (χ3v) is 6.37. The zero-order chi connectivity index (χ0) is 22.5. The van der Waals surface area contributed by atoms with Gasteiger partial charge in [0.25, 0.3) is 0 Å². The zero-order valence-electron chi connectivity index (χ0n) is 17.7. The van der Waals surface area contributed by atoms with Crippen LogP contribution in [0.5, 0.6) is 0 Å². The van der Waals surface area contributed by atoms with E-state index in [9.17, 15) is 13.6 Å². The minimum atomic E-state index is -0.986. The van der Waals surface area contributed by atoms with Crippen LogP contribution in [0.4, 0.5) is 19.3 Å². The van der Waals surface area contributed by atoms with Crippen LogP contribution in [-0.4, -0.2) is 21.5 Å². The molecule has 3 aromatic rings. The summed E-state index contributed by atoms with van der Waals surface area (Å²) in [7, 11) is 0. The first-order valence-corrected chi connectivity index (χ1v) is 11.3. The van der Waals surface area contributed by atoms with Crippen molar-refractivity contribution in [2.45, 2.75) is 51.2 Å². The molecule has 0 radical (unpaired) electrons. The van der Waals surface area contributed by atoms with Crippen LogP contribution in [0.1, 0.15) is 43.4 Å². The molecule has 1 N–H and O–H groups in total. The molecule has 168 valence electrons. The average Bonchev–Trinajstić information content (AvgIpc) is 3.23. The second-order valence-electron chi connectivity index (χ2n) is 8.20. The van der Waals surface area contributed by atoms with E-state index >= 15 is 0 Å². The van der Waals surface area contributed by atoms with E-state index in [-0.39, 0.29) is 17.8 Å². The minimum absolute atomic E-state index is 0.0951. The number of halogens is 3. The molecule has 4 rings (SSSR count). The number of hydrogen-bond acceptors (Lipinski definition) is 1. The number of aromatic nitrogens is 1. The monoisotopic (exact) mass is 457 g/mol. The van der Waals surface area contributed by atoms with Crippen molar-refractivity contribution in [2.24, 2.45) is 0 Å². The lowest BCUT2D eigenvalue weighted by Crippen LogP contribution is -2.43. The number of carbonyl (C=O) groups is 1. The van der Waals surface area contributed by atoms with Gasteiger partial charge in [-0.25, -0.2) is 13.6 Å². The number of anilines is 1. The maximum atomic E-state index is 13.6. The smallest absolute Gasteiger partial charge is 0.322 e. The third-order valence-electron chi connectivity index (χ3n) is 6.00. The zero-order valence-corrected chi connectivity index (χ0v) is 18.5. The van der Waals surface area contributed by atoms with Crippen LogP contribution in [0, 0.1) is 11.6 Å². The molecule has 1 saturated carbocycles. The number of nitrogens with one attached hydrogen (secondary N) is 1. The van der Waals surface area contributed by atoms with E-state index in [4.69, 9.17) is 11.6 Å². The maximum Gasteiger partial charge on any atom is 0.322 e. The lowest BCUT2D eigenvalue weighted by molar-refractivity contribution is 0.161. The Hall–Kier alpha value is -2.86. The SMILES string of the molecule is O=C(Nc1ccc(F)c(F)c1)N(Cc1cccn1Cc1ccccc1Cl)C1CCCCC1. The first-order valence-electron chi connectivity index (χ1n) is 10.9. The Labute approximate surface area is 191 Å². The predicted octanol–water partition coefficient (Wildman–Crippen LogP) is 6.83. The van der Waals surface area contributed by atoms with Crippen molar-refractivity contribution >= 4 is 23.3 Å². The number of benzene rings is 2. The Balaban J connectivity index is 1.55. The van der Waals surface area contributed by atoms with Crippen LogP contribution in [0.3, 0.4) is 0 Å². The van der Waals surface area contributed by atoms with Crippen LogP contribution in [0.2, 0.25) is 5.02 Å². The summed E-state index contributed by atoms with van der Waals surface area (Å²) in [6, 6.07) is 14.8. The standard InChI is InChI=1S/C25H26ClF2N3O/c26-22-11-5-4-7-18(22)16-30-14-6-10-21(30)17-31(20-8-2-1-3-9-20)25(32)29-19-12-13-23(27)24(28)15-19/h4-7,10-15,20H,1-3,8-9,16-17H2,(H,29,32). The van der Waals surface area contributed by atoms with Gasteiger partial charge >= 0.3 is 6.03 Å². The fourth-order valence-corrected chi connectivity index (χ4v) is 4.46. The highest BCUT2D eigenvalue weighted by Gasteiger charge is 2.27. The fourth-order valence-electron chi connectivity index (χ4n) is 4.26. The van der Waals surface area contributed by atoms with Crippen LogP contribution in [0.25, 0.3) is 0 Å². The van der Waals surface area contributed by atoms with Gasteiger partial charge in [-0.15, -0.1) is 0 Å². The second kappa shape index (κ2) is 10.2. The Morgan fingerprint density at radius 3 is 2.56 bits per heavy atom. The van der Waals surface area contributed by atoms with E-state index in [1.54, 1.807) is 0 Å². The Morgan fingerprint density at radius 2 is 1.81 bits per heavy atom. The molecule has 1 aliphatic rings. The summed E-state index contributed by atoms with van der Waals surface area (Å²) in [5.74, 6) is -1.93. The summed E-state index contributed by atoms with van der Waals surface area (Å²) < 4.78 is 29.0. The van der Waals surface area contributed by atoms with Gasteiger partial charge in [0.1, 0.15) is 0 Å². The van der Waals surface area contributed by atoms with E-state index in [1.807, 2.05) is 47.5 Å². The molecule has 0 bridgehead atoms. The summed E-state index contributed by atoms with van der Waals surface area (Å²) in [6.07, 6.45) is 7.14. The largest absolute Gasteiger partial charge is 0.345 e. The molecule has 1 fully saturated rings. The Bertz CT molecular complexity index is 1080. The molecule has 2 aromatic carbocycles. The molecule has 0 unspecified atom stereocenters. The van der Waals surface area contributed by atoms with E-state index < -0.39 is 11.6 Å². The van der Waals surface area contributed by atoms with E-state index in [2.05, 4.69) is 9.88 Å². The molecule has 1 aromatic heterocycles. The molecule has 0 spiro atoms. The number of carbonyl (C=O) groups excluding carboxylic acids is 1. The molecule has 2 amide bonds. The van der Waals surface area contributed by atoms with E-state index in [1.165, 1.54) is 6.07 Å². The highest BCUT2D eigenvalue weighted by Crippen LogP contribution is 2.26. The van der Waals surface area contributed by atoms with Gasteiger partial charge in [0, 0.05) is 41.3 Å². The van der Waals surface area contributed by atoms with Crippen LogP contribution >= 0.6 is 11.6 Å². The molecule has 0 atom stereocenters. The first kappa shape index (κ1) is 22.3. The fraction of sp³-hybridized carbons (Fsp3) is 0.320. The highest BCUT2D eigenvalue weighted by molar-refractivity contribution is 6.31. The molecule has 0 saturated heterocycles. The van der Waals surface area contributed by atoms with Gasteiger partial charge in [-0.05, 0) is 48.7 Å². The number of rotatable bonds is 6. The summed E-state index contributed by atoms with van der Waals surface area (Å²) in [5, 5.41) is 3.45. The first-order chi connectivity index (χ1) is 15.5. The van der Waals surface area contributed by atoms with Crippen molar-refractivity contribution in [3.05, 3.63) is 88.7 Å². The Kier molecular flexibility index (Phi) is 7.10. The molecule has 0 aliphatic heterocycles. The summed E-state index contributed by atoms with van der Waals surface area (Å²) in [4.78, 5) is 15.0. The van der Waals surface area contributed by atoms with Crippen LogP contribution < -0.4 is 5.32 Å². The quantitative estimate of drug-likeness (QED) is 0.432. The van der Waals surface area contributed by atoms with Crippen molar-refractivity contribution in [3.63, 3.8) is 0 Å². The van der Waals surface area contributed by atoms with Crippen molar-refractivity contribution in [2.75, 3.05) is 5.32 Å². The maximum absolute atomic E-state index is 13.6. The molecule has 1 heterocycles. The van der Waals surface area contributed by atoms with Crippen LogP contribution in [0.15, 0.2) is 60.8 Å². The molecule has 32 heavy (non-hydrogen) atoms.